The SMILES string of the molecule is CC[C@H]1NC(=O)N(Cc2ccccc2OC)[C@H]1c1ccccc1. The van der Waals surface area contributed by atoms with Gasteiger partial charge in [0.25, 0.3) is 0 Å². The van der Waals surface area contributed by atoms with E-state index in [4.69, 9.17) is 4.74 Å². The van der Waals surface area contributed by atoms with Gasteiger partial charge in [-0.05, 0) is 18.1 Å². The summed E-state index contributed by atoms with van der Waals surface area (Å²) in [5.74, 6) is 0.812. The van der Waals surface area contributed by atoms with Gasteiger partial charge in [0.15, 0.2) is 0 Å². The molecule has 120 valence electrons. The second-order valence-corrected chi connectivity index (χ2v) is 5.76. The van der Waals surface area contributed by atoms with Crippen molar-refractivity contribution in [1.82, 2.24) is 10.2 Å². The van der Waals surface area contributed by atoms with Gasteiger partial charge in [0, 0.05) is 5.56 Å². The van der Waals surface area contributed by atoms with Crippen LogP contribution in [0.15, 0.2) is 54.6 Å². The summed E-state index contributed by atoms with van der Waals surface area (Å²) in [6.07, 6.45) is 0.897. The normalized spacial score (nSPS) is 20.4. The van der Waals surface area contributed by atoms with Crippen LogP contribution in [0, 0.1) is 0 Å². The van der Waals surface area contributed by atoms with E-state index in [1.54, 1.807) is 7.11 Å². The van der Waals surface area contributed by atoms with Crippen molar-refractivity contribution in [2.24, 2.45) is 0 Å². The first kappa shape index (κ1) is 15.4. The Morgan fingerprint density at radius 2 is 1.78 bits per heavy atom. The number of carbonyl (C=O) groups excluding carboxylic acids is 1. The first-order valence-corrected chi connectivity index (χ1v) is 7.98. The molecular formula is C19H22N2O2. The molecule has 23 heavy (non-hydrogen) atoms. The van der Waals surface area contributed by atoms with Crippen LogP contribution in [0.5, 0.6) is 5.75 Å². The molecule has 0 saturated carbocycles. The lowest BCUT2D eigenvalue weighted by Crippen LogP contribution is -2.29. The number of methoxy groups -OCH3 is 1. The first-order valence-electron chi connectivity index (χ1n) is 7.98. The van der Waals surface area contributed by atoms with Crippen LogP contribution in [0.4, 0.5) is 4.79 Å². The molecule has 0 aromatic heterocycles. The maximum Gasteiger partial charge on any atom is 0.318 e. The van der Waals surface area contributed by atoms with E-state index in [-0.39, 0.29) is 18.1 Å². The molecule has 0 bridgehead atoms. The van der Waals surface area contributed by atoms with Gasteiger partial charge in [-0.15, -0.1) is 0 Å². The van der Waals surface area contributed by atoms with Crippen LogP contribution in [0.25, 0.3) is 0 Å². The monoisotopic (exact) mass is 310 g/mol. The second kappa shape index (κ2) is 6.73. The van der Waals surface area contributed by atoms with Gasteiger partial charge in [-0.25, -0.2) is 4.79 Å². The molecule has 4 nitrogen and oxygen atoms in total. The highest BCUT2D eigenvalue weighted by Gasteiger charge is 2.39. The molecule has 1 aliphatic heterocycles. The fraction of sp³-hybridized carbons (Fsp3) is 0.316. The number of rotatable bonds is 5. The molecule has 2 aromatic rings. The molecule has 0 radical (unpaired) electrons. The maximum absolute atomic E-state index is 12.5. The molecule has 2 amide bonds. The van der Waals surface area contributed by atoms with Gasteiger partial charge in [0.05, 0.1) is 25.7 Å². The van der Waals surface area contributed by atoms with Gasteiger partial charge < -0.3 is 15.0 Å². The number of urea groups is 1. The zero-order chi connectivity index (χ0) is 16.2. The lowest BCUT2D eigenvalue weighted by Gasteiger charge is -2.27. The van der Waals surface area contributed by atoms with Crippen molar-refractivity contribution in [1.29, 1.82) is 0 Å². The molecule has 1 fully saturated rings. The Bertz CT molecular complexity index is 672. The molecular weight excluding hydrogens is 288 g/mol. The van der Waals surface area contributed by atoms with E-state index in [1.807, 2.05) is 47.4 Å². The van der Waals surface area contributed by atoms with Crippen molar-refractivity contribution in [2.45, 2.75) is 32.0 Å². The van der Waals surface area contributed by atoms with E-state index in [0.717, 1.165) is 23.3 Å². The van der Waals surface area contributed by atoms with Crippen LogP contribution in [0.2, 0.25) is 0 Å². The van der Waals surface area contributed by atoms with Crippen LogP contribution >= 0.6 is 0 Å². The Balaban J connectivity index is 1.93. The topological polar surface area (TPSA) is 41.6 Å². The highest BCUT2D eigenvalue weighted by Crippen LogP contribution is 2.33. The lowest BCUT2D eigenvalue weighted by atomic mass is 9.97. The molecule has 2 atom stereocenters. The third-order valence-corrected chi connectivity index (χ3v) is 4.40. The van der Waals surface area contributed by atoms with Crippen LogP contribution in [0.3, 0.4) is 0 Å². The molecule has 0 spiro atoms. The molecule has 0 unspecified atom stereocenters. The summed E-state index contributed by atoms with van der Waals surface area (Å²) in [6, 6.07) is 18.2. The van der Waals surface area contributed by atoms with Crippen molar-refractivity contribution in [2.75, 3.05) is 7.11 Å². The van der Waals surface area contributed by atoms with Gasteiger partial charge in [-0.3, -0.25) is 0 Å². The quantitative estimate of drug-likeness (QED) is 0.914. The zero-order valence-corrected chi connectivity index (χ0v) is 13.5. The smallest absolute Gasteiger partial charge is 0.318 e. The van der Waals surface area contributed by atoms with Crippen molar-refractivity contribution in [3.05, 3.63) is 65.7 Å². The van der Waals surface area contributed by atoms with Gasteiger partial charge in [-0.2, -0.15) is 0 Å². The number of para-hydroxylation sites is 1. The van der Waals surface area contributed by atoms with E-state index in [9.17, 15) is 4.79 Å². The van der Waals surface area contributed by atoms with E-state index in [1.165, 1.54) is 0 Å². The molecule has 1 aliphatic rings. The van der Waals surface area contributed by atoms with E-state index < -0.39 is 0 Å². The third kappa shape index (κ3) is 3.02. The maximum atomic E-state index is 12.5. The fourth-order valence-electron chi connectivity index (χ4n) is 3.24. The molecule has 0 aliphatic carbocycles. The summed E-state index contributed by atoms with van der Waals surface area (Å²) in [4.78, 5) is 14.4. The van der Waals surface area contributed by atoms with Crippen LogP contribution < -0.4 is 10.1 Å². The number of nitrogens with one attached hydrogen (secondary N) is 1. The number of hydrogen-bond donors (Lipinski definition) is 1. The highest BCUT2D eigenvalue weighted by molar-refractivity contribution is 5.78. The molecule has 2 aromatic carbocycles. The third-order valence-electron chi connectivity index (χ3n) is 4.40. The number of amides is 2. The van der Waals surface area contributed by atoms with Crippen LogP contribution in [0.1, 0.15) is 30.5 Å². The van der Waals surface area contributed by atoms with E-state index >= 15 is 0 Å². The lowest BCUT2D eigenvalue weighted by molar-refractivity contribution is 0.197. The Hall–Kier alpha value is -2.49. The van der Waals surface area contributed by atoms with Crippen LogP contribution in [-0.2, 0) is 6.54 Å². The number of benzene rings is 2. The number of nitrogens with zero attached hydrogens (tertiary/aromatic N) is 1. The summed E-state index contributed by atoms with van der Waals surface area (Å²) in [5.41, 5.74) is 2.18. The van der Waals surface area contributed by atoms with Gasteiger partial charge >= 0.3 is 6.03 Å². The summed E-state index contributed by atoms with van der Waals surface area (Å²) in [7, 11) is 1.66. The van der Waals surface area contributed by atoms with Crippen molar-refractivity contribution >= 4 is 6.03 Å². The van der Waals surface area contributed by atoms with E-state index in [0.29, 0.717) is 6.54 Å². The molecule has 4 heteroatoms. The number of carbonyl (C=O) groups is 1. The first-order chi connectivity index (χ1) is 11.2. The van der Waals surface area contributed by atoms with Crippen molar-refractivity contribution in [3.63, 3.8) is 0 Å². The number of hydrogen-bond acceptors (Lipinski definition) is 2. The van der Waals surface area contributed by atoms with E-state index in [2.05, 4.69) is 24.4 Å². The summed E-state index contributed by atoms with van der Waals surface area (Å²) < 4.78 is 5.43. The van der Waals surface area contributed by atoms with Gasteiger partial charge in [0.1, 0.15) is 5.75 Å². The predicted molar refractivity (Wildman–Crippen MR) is 90.3 cm³/mol. The van der Waals surface area contributed by atoms with Crippen LogP contribution in [-0.4, -0.2) is 24.1 Å². The average Bonchev–Trinajstić information content (AvgIpc) is 2.92. The standard InChI is InChI=1S/C19H22N2O2/c1-3-16-18(14-9-5-4-6-10-14)21(19(22)20-16)13-15-11-7-8-12-17(15)23-2/h4-12,16,18H,3,13H2,1-2H3,(H,20,22)/t16-,18+/m1/s1. The minimum Gasteiger partial charge on any atom is -0.496 e. The summed E-state index contributed by atoms with van der Waals surface area (Å²) in [6.45, 7) is 2.64. The van der Waals surface area contributed by atoms with Gasteiger partial charge in [0.2, 0.25) is 0 Å². The van der Waals surface area contributed by atoms with Crippen molar-refractivity contribution < 1.29 is 9.53 Å². The second-order valence-electron chi connectivity index (χ2n) is 5.76. The minimum atomic E-state index is -0.0170. The van der Waals surface area contributed by atoms with Crippen molar-refractivity contribution in [3.8, 4) is 5.75 Å². The summed E-state index contributed by atoms with van der Waals surface area (Å²) in [5, 5.41) is 3.11. The molecule has 1 heterocycles. The Kier molecular flexibility index (Phi) is 4.51. The molecule has 1 N–H and O–H groups in total. The number of ether oxygens (including phenoxy) is 1. The molecule has 3 rings (SSSR count). The fourth-order valence-corrected chi connectivity index (χ4v) is 3.24. The predicted octanol–water partition coefficient (Wildman–Crippen LogP) is 3.74. The Morgan fingerprint density at radius 3 is 2.48 bits per heavy atom. The Morgan fingerprint density at radius 1 is 1.09 bits per heavy atom. The molecule has 1 saturated heterocycles. The average molecular weight is 310 g/mol. The Labute approximate surface area is 137 Å². The van der Waals surface area contributed by atoms with Gasteiger partial charge in [-0.1, -0.05) is 55.5 Å². The minimum absolute atomic E-state index is 0.0170. The largest absolute Gasteiger partial charge is 0.496 e. The highest BCUT2D eigenvalue weighted by atomic mass is 16.5. The zero-order valence-electron chi connectivity index (χ0n) is 13.5. The summed E-state index contributed by atoms with van der Waals surface area (Å²) >= 11 is 0.